The third kappa shape index (κ3) is 3.29. The molecule has 1 aliphatic heterocycles. The summed E-state index contributed by atoms with van der Waals surface area (Å²) in [7, 11) is -3.35. The molecule has 3 heterocycles. The summed E-state index contributed by atoms with van der Waals surface area (Å²) in [6, 6.07) is 1.25. The molecule has 0 aliphatic carbocycles. The summed E-state index contributed by atoms with van der Waals surface area (Å²) in [5.74, 6) is -2.87. The van der Waals surface area contributed by atoms with Crippen molar-refractivity contribution in [2.45, 2.75) is 12.0 Å². The van der Waals surface area contributed by atoms with Gasteiger partial charge in [0.15, 0.2) is 27.8 Å². The molecule has 1 fully saturated rings. The van der Waals surface area contributed by atoms with Gasteiger partial charge in [-0.25, -0.2) is 12.8 Å². The predicted octanol–water partition coefficient (Wildman–Crippen LogP) is 1.91. The van der Waals surface area contributed by atoms with Crippen LogP contribution in [0.25, 0.3) is 16.8 Å². The smallest absolute Gasteiger partial charge is 0.313 e. The van der Waals surface area contributed by atoms with Crippen LogP contribution in [-0.4, -0.2) is 37.6 Å². The van der Waals surface area contributed by atoms with Crippen LogP contribution in [0.1, 0.15) is 16.7 Å². The van der Waals surface area contributed by atoms with E-state index in [1.807, 2.05) is 0 Å². The molecule has 1 saturated heterocycles. The Kier molecular flexibility index (Phi) is 4.37. The molecule has 0 unspecified atom stereocenters. The van der Waals surface area contributed by atoms with Crippen LogP contribution in [0.2, 0.25) is 0 Å². The fraction of sp³-hybridized carbons (Fsp3) is 0.333. The number of hydrogen-bond acceptors (Lipinski definition) is 8. The molecule has 0 spiro atoms. The maximum atomic E-state index is 14.4. The van der Waals surface area contributed by atoms with Gasteiger partial charge < -0.3 is 14.0 Å². The van der Waals surface area contributed by atoms with E-state index in [0.717, 1.165) is 10.8 Å². The lowest BCUT2D eigenvalue weighted by atomic mass is 10.1. The molecule has 4 rings (SSSR count). The fourth-order valence-corrected chi connectivity index (χ4v) is 4.85. The van der Waals surface area contributed by atoms with Crippen LogP contribution in [0.5, 0.6) is 0 Å². The van der Waals surface area contributed by atoms with Gasteiger partial charge in [0.05, 0.1) is 24.4 Å². The van der Waals surface area contributed by atoms with Crippen LogP contribution in [0.3, 0.4) is 0 Å². The highest BCUT2D eigenvalue weighted by molar-refractivity contribution is 7.90. The molecular formula is C15H12F2N2O6S2. The van der Waals surface area contributed by atoms with Crippen molar-refractivity contribution in [1.82, 2.24) is 9.72 Å². The van der Waals surface area contributed by atoms with E-state index in [1.54, 1.807) is 0 Å². The highest BCUT2D eigenvalue weighted by atomic mass is 32.2. The second-order valence-corrected chi connectivity index (χ2v) is 9.17. The Labute approximate surface area is 154 Å². The van der Waals surface area contributed by atoms with Crippen LogP contribution < -0.4 is 4.87 Å². The first-order valence-corrected chi connectivity index (χ1v) is 10.5. The number of sulfone groups is 1. The predicted molar refractivity (Wildman–Crippen MR) is 90.6 cm³/mol. The number of halogens is 2. The van der Waals surface area contributed by atoms with E-state index in [-0.39, 0.29) is 40.6 Å². The molecule has 0 atom stereocenters. The van der Waals surface area contributed by atoms with E-state index < -0.39 is 38.2 Å². The zero-order valence-electron chi connectivity index (χ0n) is 13.8. The molecule has 0 radical (unpaired) electrons. The molecular weight excluding hydrogens is 406 g/mol. The van der Waals surface area contributed by atoms with Crippen LogP contribution >= 0.6 is 11.3 Å². The minimum Gasteiger partial charge on any atom is -0.351 e. The van der Waals surface area contributed by atoms with Crippen molar-refractivity contribution in [3.05, 3.63) is 44.0 Å². The van der Waals surface area contributed by atoms with Crippen LogP contribution in [0.4, 0.5) is 8.78 Å². The Balaban J connectivity index is 1.87. The lowest BCUT2D eigenvalue weighted by molar-refractivity contribution is -0.0467. The zero-order valence-corrected chi connectivity index (χ0v) is 15.4. The maximum absolute atomic E-state index is 14.4. The Morgan fingerprint density at radius 3 is 2.67 bits per heavy atom. The number of aromatic nitrogens is 2. The van der Waals surface area contributed by atoms with E-state index in [1.165, 1.54) is 12.3 Å². The number of ether oxygens (including phenoxy) is 2. The molecule has 0 bridgehead atoms. The van der Waals surface area contributed by atoms with Gasteiger partial charge in [-0.3, -0.25) is 9.36 Å². The monoisotopic (exact) mass is 418 g/mol. The van der Waals surface area contributed by atoms with Gasteiger partial charge in [-0.15, -0.1) is 0 Å². The van der Waals surface area contributed by atoms with Crippen LogP contribution in [-0.2, 0) is 25.1 Å². The van der Waals surface area contributed by atoms with Gasteiger partial charge >= 0.3 is 4.87 Å². The van der Waals surface area contributed by atoms with Crippen molar-refractivity contribution < 1.29 is 31.2 Å². The van der Waals surface area contributed by atoms with Gasteiger partial charge in [0.1, 0.15) is 0 Å². The first kappa shape index (κ1) is 18.2. The standard InChI is InChI=1S/C15H12F2N2O6S2/c1-27(21,22)6-7-5-19(15(20)26-7)13-9-4-8(14-23-2-3-24-14)10(16)11(17)12(9)25-18-13/h4-5,14H,2-3,6H2,1H3. The first-order valence-electron chi connectivity index (χ1n) is 7.64. The lowest BCUT2D eigenvalue weighted by Crippen LogP contribution is -2.10. The second-order valence-electron chi connectivity index (χ2n) is 5.95. The third-order valence-electron chi connectivity index (χ3n) is 3.85. The Hall–Kier alpha value is -2.15. The molecule has 0 N–H and O–H groups in total. The van der Waals surface area contributed by atoms with Gasteiger partial charge in [-0.05, 0) is 6.07 Å². The highest BCUT2D eigenvalue weighted by Crippen LogP contribution is 2.34. The van der Waals surface area contributed by atoms with Crippen molar-refractivity contribution >= 4 is 32.1 Å². The maximum Gasteiger partial charge on any atom is 0.313 e. The number of fused-ring (bicyclic) bond motifs is 1. The Bertz CT molecular complexity index is 1190. The lowest BCUT2D eigenvalue weighted by Gasteiger charge is -2.11. The van der Waals surface area contributed by atoms with Crippen LogP contribution in [0.15, 0.2) is 21.6 Å². The molecule has 0 saturated carbocycles. The quantitative estimate of drug-likeness (QED) is 0.638. The van der Waals surface area contributed by atoms with Gasteiger partial charge in [-0.1, -0.05) is 16.5 Å². The molecule has 0 amide bonds. The first-order chi connectivity index (χ1) is 12.7. The molecule has 27 heavy (non-hydrogen) atoms. The van der Waals surface area contributed by atoms with Gasteiger partial charge in [0.25, 0.3) is 0 Å². The summed E-state index contributed by atoms with van der Waals surface area (Å²) in [5.41, 5.74) is -0.645. The summed E-state index contributed by atoms with van der Waals surface area (Å²) >= 11 is 0.714. The number of hydrogen-bond donors (Lipinski definition) is 0. The van der Waals surface area contributed by atoms with Crippen molar-refractivity contribution in [1.29, 1.82) is 0 Å². The number of nitrogens with zero attached hydrogens (tertiary/aromatic N) is 2. The Morgan fingerprint density at radius 2 is 2.00 bits per heavy atom. The van der Waals surface area contributed by atoms with Crippen molar-refractivity contribution in [3.8, 4) is 5.82 Å². The van der Waals surface area contributed by atoms with Gasteiger partial charge in [0, 0.05) is 22.9 Å². The number of rotatable bonds is 4. The van der Waals surface area contributed by atoms with Gasteiger partial charge in [-0.2, -0.15) is 4.39 Å². The van der Waals surface area contributed by atoms with Crippen molar-refractivity contribution in [2.24, 2.45) is 0 Å². The molecule has 1 aliphatic rings. The molecule has 1 aromatic carbocycles. The summed E-state index contributed by atoms with van der Waals surface area (Å²) in [4.78, 5) is 12.0. The molecule has 12 heteroatoms. The SMILES string of the molecule is CS(=O)(=O)Cc1cn(-c2noc3c(F)c(F)c(C4OCCO4)cc23)c(=O)s1. The molecule has 2 aromatic heterocycles. The summed E-state index contributed by atoms with van der Waals surface area (Å²) in [6.45, 7) is 0.470. The molecule has 3 aromatic rings. The van der Waals surface area contributed by atoms with E-state index in [2.05, 4.69) is 5.16 Å². The largest absolute Gasteiger partial charge is 0.351 e. The van der Waals surface area contributed by atoms with Crippen LogP contribution in [0, 0.1) is 11.6 Å². The molecule has 144 valence electrons. The fourth-order valence-electron chi connectivity index (χ4n) is 2.76. The summed E-state index contributed by atoms with van der Waals surface area (Å²) < 4.78 is 67.9. The average molecular weight is 418 g/mol. The summed E-state index contributed by atoms with van der Waals surface area (Å²) in [6.07, 6.45) is 1.25. The van der Waals surface area contributed by atoms with E-state index in [4.69, 9.17) is 14.0 Å². The molecule has 8 nitrogen and oxygen atoms in total. The Morgan fingerprint density at radius 1 is 1.30 bits per heavy atom. The third-order valence-corrected chi connectivity index (χ3v) is 5.75. The minimum atomic E-state index is -3.35. The zero-order chi connectivity index (χ0) is 19.3. The second kappa shape index (κ2) is 6.48. The van der Waals surface area contributed by atoms with Gasteiger partial charge in [0.2, 0.25) is 11.4 Å². The topological polar surface area (TPSA) is 101 Å². The van der Waals surface area contributed by atoms with E-state index in [9.17, 15) is 22.0 Å². The van der Waals surface area contributed by atoms with E-state index >= 15 is 0 Å². The average Bonchev–Trinajstić information content (AvgIpc) is 3.29. The van der Waals surface area contributed by atoms with Crippen molar-refractivity contribution in [2.75, 3.05) is 19.5 Å². The summed E-state index contributed by atoms with van der Waals surface area (Å²) in [5, 5.41) is 3.70. The highest BCUT2D eigenvalue weighted by Gasteiger charge is 2.29. The normalized spacial score (nSPS) is 15.8. The minimum absolute atomic E-state index is 0.0359. The number of thiazole rings is 1. The number of benzene rings is 1. The van der Waals surface area contributed by atoms with Crippen molar-refractivity contribution in [3.63, 3.8) is 0 Å². The van der Waals surface area contributed by atoms with E-state index in [0.29, 0.717) is 11.3 Å².